The first-order chi connectivity index (χ1) is 8.88. The van der Waals surface area contributed by atoms with Gasteiger partial charge in [0.05, 0.1) is 30.7 Å². The number of nitrogens with zero attached hydrogens (tertiary/aromatic N) is 1. The number of benzene rings is 1. The van der Waals surface area contributed by atoms with Crippen LogP contribution in [0.1, 0.15) is 23.1 Å². The van der Waals surface area contributed by atoms with Crippen LogP contribution in [0.25, 0.3) is 6.08 Å². The SMILES string of the molecule is COC(=O)CC=Cc1ccc(C#N)cc1C(F)(F)F. The summed E-state index contributed by atoms with van der Waals surface area (Å²) in [6, 6.07) is 4.90. The Bertz CT molecular complexity index is 542. The minimum absolute atomic E-state index is 0.0718. The van der Waals surface area contributed by atoms with Crippen molar-refractivity contribution in [3.63, 3.8) is 0 Å². The minimum Gasteiger partial charge on any atom is -0.469 e. The molecule has 1 rings (SSSR count). The number of methoxy groups -OCH3 is 1. The standard InChI is InChI=1S/C13H10F3NO2/c1-19-12(18)4-2-3-10-6-5-9(8-17)7-11(10)13(14,15)16/h2-3,5-7H,4H2,1H3. The second-order valence-electron chi connectivity index (χ2n) is 3.59. The summed E-state index contributed by atoms with van der Waals surface area (Å²) in [4.78, 5) is 10.8. The van der Waals surface area contributed by atoms with Gasteiger partial charge in [0.15, 0.2) is 0 Å². The summed E-state index contributed by atoms with van der Waals surface area (Å²) in [5, 5.41) is 8.60. The van der Waals surface area contributed by atoms with Crippen LogP contribution >= 0.6 is 0 Å². The van der Waals surface area contributed by atoms with Crippen molar-refractivity contribution in [1.29, 1.82) is 5.26 Å². The molecule has 3 nitrogen and oxygen atoms in total. The average molecular weight is 269 g/mol. The van der Waals surface area contributed by atoms with Crippen LogP contribution in [0, 0.1) is 11.3 Å². The van der Waals surface area contributed by atoms with Crippen LogP contribution in [0.3, 0.4) is 0 Å². The van der Waals surface area contributed by atoms with Crippen LogP contribution in [0.15, 0.2) is 24.3 Å². The zero-order valence-electron chi connectivity index (χ0n) is 9.99. The van der Waals surface area contributed by atoms with Crippen molar-refractivity contribution < 1.29 is 22.7 Å². The predicted molar refractivity (Wildman–Crippen MR) is 61.8 cm³/mol. The van der Waals surface area contributed by atoms with Gasteiger partial charge in [-0.05, 0) is 17.7 Å². The Morgan fingerprint density at radius 1 is 1.47 bits per heavy atom. The molecule has 0 N–H and O–H groups in total. The molecule has 0 fully saturated rings. The molecule has 1 aromatic carbocycles. The molecule has 19 heavy (non-hydrogen) atoms. The van der Waals surface area contributed by atoms with E-state index in [0.717, 1.165) is 6.07 Å². The van der Waals surface area contributed by atoms with E-state index in [1.54, 1.807) is 6.07 Å². The maximum absolute atomic E-state index is 12.8. The molecule has 0 spiro atoms. The lowest BCUT2D eigenvalue weighted by atomic mass is 10.0. The molecule has 0 atom stereocenters. The van der Waals surface area contributed by atoms with Crippen LogP contribution in [-0.4, -0.2) is 13.1 Å². The summed E-state index contributed by atoms with van der Waals surface area (Å²) >= 11 is 0. The maximum atomic E-state index is 12.8. The topological polar surface area (TPSA) is 50.1 Å². The number of halogens is 3. The first kappa shape index (κ1) is 14.8. The molecule has 0 amide bonds. The van der Waals surface area contributed by atoms with Crippen molar-refractivity contribution in [2.45, 2.75) is 12.6 Å². The van der Waals surface area contributed by atoms with Gasteiger partial charge in [0, 0.05) is 0 Å². The number of ether oxygens (including phenoxy) is 1. The highest BCUT2D eigenvalue weighted by molar-refractivity contribution is 5.72. The largest absolute Gasteiger partial charge is 0.469 e. The summed E-state index contributed by atoms with van der Waals surface area (Å²) in [5.74, 6) is -0.543. The van der Waals surface area contributed by atoms with Gasteiger partial charge in [0.2, 0.25) is 0 Å². The van der Waals surface area contributed by atoms with E-state index in [9.17, 15) is 18.0 Å². The molecule has 0 radical (unpaired) electrons. The van der Waals surface area contributed by atoms with E-state index in [1.807, 2.05) is 0 Å². The molecular formula is C13H10F3NO2. The predicted octanol–water partition coefficient (Wildman–Crippen LogP) is 3.15. The highest BCUT2D eigenvalue weighted by Gasteiger charge is 2.33. The molecule has 0 saturated heterocycles. The smallest absolute Gasteiger partial charge is 0.417 e. The Kier molecular flexibility index (Phi) is 4.70. The lowest BCUT2D eigenvalue weighted by Gasteiger charge is -2.10. The summed E-state index contributed by atoms with van der Waals surface area (Å²) in [7, 11) is 1.19. The Labute approximate surface area is 107 Å². The first-order valence-corrected chi connectivity index (χ1v) is 5.23. The molecule has 100 valence electrons. The van der Waals surface area contributed by atoms with E-state index in [2.05, 4.69) is 4.74 Å². The molecular weight excluding hydrogens is 259 g/mol. The van der Waals surface area contributed by atoms with Crippen LogP contribution in [0.2, 0.25) is 0 Å². The highest BCUT2D eigenvalue weighted by Crippen LogP contribution is 2.33. The van der Waals surface area contributed by atoms with Crippen LogP contribution in [0.4, 0.5) is 13.2 Å². The zero-order chi connectivity index (χ0) is 14.5. The van der Waals surface area contributed by atoms with E-state index >= 15 is 0 Å². The van der Waals surface area contributed by atoms with Crippen LogP contribution in [-0.2, 0) is 15.7 Å². The van der Waals surface area contributed by atoms with Crippen molar-refractivity contribution in [2.24, 2.45) is 0 Å². The number of rotatable bonds is 3. The first-order valence-electron chi connectivity index (χ1n) is 5.23. The van der Waals surface area contributed by atoms with Crippen molar-refractivity contribution in [1.82, 2.24) is 0 Å². The maximum Gasteiger partial charge on any atom is 0.417 e. The third-order valence-electron chi connectivity index (χ3n) is 2.30. The second-order valence-corrected chi connectivity index (χ2v) is 3.59. The Morgan fingerprint density at radius 3 is 2.68 bits per heavy atom. The third kappa shape index (κ3) is 4.14. The van der Waals surface area contributed by atoms with Gasteiger partial charge < -0.3 is 4.74 Å². The highest BCUT2D eigenvalue weighted by atomic mass is 19.4. The number of esters is 1. The summed E-state index contributed by atoms with van der Waals surface area (Å²) in [6.45, 7) is 0. The van der Waals surface area contributed by atoms with E-state index in [-0.39, 0.29) is 17.5 Å². The number of carbonyl (C=O) groups excluding carboxylic acids is 1. The number of hydrogen-bond acceptors (Lipinski definition) is 3. The number of carbonyl (C=O) groups is 1. The van der Waals surface area contributed by atoms with Gasteiger partial charge >= 0.3 is 12.1 Å². The molecule has 1 aromatic rings. The summed E-state index contributed by atoms with van der Waals surface area (Å²) in [6.07, 6.45) is -2.21. The van der Waals surface area contributed by atoms with Gasteiger partial charge in [-0.1, -0.05) is 18.2 Å². The molecule has 0 unspecified atom stereocenters. The lowest BCUT2D eigenvalue weighted by Crippen LogP contribution is -2.07. The Balaban J connectivity index is 3.07. The quantitative estimate of drug-likeness (QED) is 0.792. The van der Waals surface area contributed by atoms with E-state index in [0.29, 0.717) is 0 Å². The van der Waals surface area contributed by atoms with Crippen molar-refractivity contribution in [3.8, 4) is 6.07 Å². The molecule has 0 heterocycles. The third-order valence-corrected chi connectivity index (χ3v) is 2.30. The van der Waals surface area contributed by atoms with Gasteiger partial charge in [0.25, 0.3) is 0 Å². The van der Waals surface area contributed by atoms with Gasteiger partial charge in [-0.25, -0.2) is 0 Å². The number of alkyl halides is 3. The fourth-order valence-corrected chi connectivity index (χ4v) is 1.38. The molecule has 0 saturated carbocycles. The van der Waals surface area contributed by atoms with Crippen molar-refractivity contribution in [3.05, 3.63) is 41.0 Å². The molecule has 0 aromatic heterocycles. The van der Waals surface area contributed by atoms with Crippen molar-refractivity contribution in [2.75, 3.05) is 7.11 Å². The second kappa shape index (κ2) is 6.05. The average Bonchev–Trinajstić information content (AvgIpc) is 2.37. The Hall–Kier alpha value is -2.29. The van der Waals surface area contributed by atoms with Crippen LogP contribution in [0.5, 0.6) is 0 Å². The molecule has 6 heteroatoms. The van der Waals surface area contributed by atoms with E-state index < -0.39 is 17.7 Å². The van der Waals surface area contributed by atoms with Gasteiger partial charge in [-0.2, -0.15) is 18.4 Å². The molecule has 0 aliphatic heterocycles. The zero-order valence-corrected chi connectivity index (χ0v) is 9.99. The normalized spacial score (nSPS) is 11.3. The van der Waals surface area contributed by atoms with E-state index in [4.69, 9.17) is 5.26 Å². The fourth-order valence-electron chi connectivity index (χ4n) is 1.38. The summed E-state index contributed by atoms with van der Waals surface area (Å²) in [5.41, 5.74) is -1.08. The Morgan fingerprint density at radius 2 is 2.16 bits per heavy atom. The monoisotopic (exact) mass is 269 g/mol. The molecule has 0 bridgehead atoms. The number of hydrogen-bond donors (Lipinski definition) is 0. The lowest BCUT2D eigenvalue weighted by molar-refractivity contribution is -0.139. The van der Waals surface area contributed by atoms with Gasteiger partial charge in [0.1, 0.15) is 0 Å². The summed E-state index contributed by atoms with van der Waals surface area (Å²) < 4.78 is 42.7. The fraction of sp³-hybridized carbons (Fsp3) is 0.231. The van der Waals surface area contributed by atoms with Gasteiger partial charge in [-0.15, -0.1) is 0 Å². The number of nitriles is 1. The minimum atomic E-state index is -4.56. The van der Waals surface area contributed by atoms with Crippen LogP contribution < -0.4 is 0 Å². The molecule has 0 aliphatic carbocycles. The van der Waals surface area contributed by atoms with Crippen molar-refractivity contribution >= 4 is 12.0 Å². The molecule has 0 aliphatic rings. The van der Waals surface area contributed by atoms with Gasteiger partial charge in [-0.3, -0.25) is 4.79 Å². The van der Waals surface area contributed by atoms with E-state index in [1.165, 1.54) is 31.4 Å².